The SMILES string of the molecule is CC[C@@]1(CN=[N+]=[N-])O[C@@H](n2ccc(N)nc2=O)[C@H](F)[C@@H]1O. The lowest BCUT2D eigenvalue weighted by Crippen LogP contribution is -2.44. The van der Waals surface area contributed by atoms with E-state index in [0.29, 0.717) is 0 Å². The van der Waals surface area contributed by atoms with Gasteiger partial charge in [-0.05, 0) is 18.0 Å². The van der Waals surface area contributed by atoms with Crippen molar-refractivity contribution in [3.8, 4) is 0 Å². The Labute approximate surface area is 118 Å². The molecule has 21 heavy (non-hydrogen) atoms. The van der Waals surface area contributed by atoms with Crippen molar-refractivity contribution in [3.63, 3.8) is 0 Å². The summed E-state index contributed by atoms with van der Waals surface area (Å²) in [6.45, 7) is 1.42. The van der Waals surface area contributed by atoms with Gasteiger partial charge in [0.1, 0.15) is 17.5 Å². The minimum Gasteiger partial charge on any atom is -0.387 e. The minimum absolute atomic E-state index is 0.000962. The summed E-state index contributed by atoms with van der Waals surface area (Å²) in [4.78, 5) is 17.8. The fourth-order valence-electron chi connectivity index (χ4n) is 2.34. The monoisotopic (exact) mass is 298 g/mol. The number of azide groups is 1. The lowest BCUT2D eigenvalue weighted by atomic mass is 9.93. The number of nitrogens with two attached hydrogens (primary N) is 1. The number of anilines is 1. The second kappa shape index (κ2) is 5.68. The molecule has 0 amide bonds. The number of nitrogens with zero attached hydrogens (tertiary/aromatic N) is 5. The normalized spacial score (nSPS) is 31.9. The van der Waals surface area contributed by atoms with Gasteiger partial charge in [0.2, 0.25) is 0 Å². The molecule has 2 heterocycles. The first-order valence-electron chi connectivity index (χ1n) is 6.30. The molecule has 4 atom stereocenters. The van der Waals surface area contributed by atoms with Crippen LogP contribution in [0.1, 0.15) is 19.6 Å². The Hall–Kier alpha value is -2.16. The minimum atomic E-state index is -1.86. The number of ether oxygens (including phenoxy) is 1. The second-order valence-electron chi connectivity index (χ2n) is 4.75. The summed E-state index contributed by atoms with van der Waals surface area (Å²) in [6, 6.07) is 1.32. The van der Waals surface area contributed by atoms with Gasteiger partial charge in [-0.2, -0.15) is 4.98 Å². The van der Waals surface area contributed by atoms with Crippen LogP contribution < -0.4 is 11.4 Å². The van der Waals surface area contributed by atoms with Gasteiger partial charge in [0, 0.05) is 11.1 Å². The van der Waals surface area contributed by atoms with E-state index in [2.05, 4.69) is 15.0 Å². The van der Waals surface area contributed by atoms with Crippen molar-refractivity contribution in [2.45, 2.75) is 37.4 Å². The van der Waals surface area contributed by atoms with Crippen LogP contribution in [0.4, 0.5) is 10.2 Å². The van der Waals surface area contributed by atoms with Crippen molar-refractivity contribution in [2.75, 3.05) is 12.3 Å². The molecule has 0 bridgehead atoms. The van der Waals surface area contributed by atoms with Crippen LogP contribution in [0.15, 0.2) is 22.2 Å². The Balaban J connectivity index is 2.39. The molecule has 9 nitrogen and oxygen atoms in total. The molecular formula is C11H15FN6O3. The number of halogens is 1. The van der Waals surface area contributed by atoms with Crippen LogP contribution in [0.2, 0.25) is 0 Å². The van der Waals surface area contributed by atoms with Crippen LogP contribution in [-0.2, 0) is 4.74 Å². The van der Waals surface area contributed by atoms with Gasteiger partial charge in [0.05, 0.1) is 6.54 Å². The van der Waals surface area contributed by atoms with Gasteiger partial charge in [0.25, 0.3) is 0 Å². The van der Waals surface area contributed by atoms with E-state index in [1.54, 1.807) is 6.92 Å². The summed E-state index contributed by atoms with van der Waals surface area (Å²) in [6.07, 6.45) is -3.28. The number of alkyl halides is 1. The summed E-state index contributed by atoms with van der Waals surface area (Å²) in [7, 11) is 0. The zero-order valence-corrected chi connectivity index (χ0v) is 11.3. The highest BCUT2D eigenvalue weighted by Crippen LogP contribution is 2.40. The van der Waals surface area contributed by atoms with Crippen molar-refractivity contribution in [1.82, 2.24) is 9.55 Å². The quantitative estimate of drug-likeness (QED) is 0.473. The summed E-state index contributed by atoms with van der Waals surface area (Å²) in [5, 5.41) is 13.4. The predicted octanol–water partition coefficient (Wildman–Crippen LogP) is 0.512. The summed E-state index contributed by atoms with van der Waals surface area (Å²) in [5.41, 5.74) is 11.6. The zero-order valence-electron chi connectivity index (χ0n) is 11.3. The van der Waals surface area contributed by atoms with E-state index in [9.17, 15) is 14.3 Å². The highest BCUT2D eigenvalue weighted by Gasteiger charge is 2.54. The average Bonchev–Trinajstić information content (AvgIpc) is 2.71. The van der Waals surface area contributed by atoms with E-state index in [4.69, 9.17) is 16.0 Å². The van der Waals surface area contributed by atoms with E-state index in [1.165, 1.54) is 12.3 Å². The number of aliphatic hydroxyl groups excluding tert-OH is 1. The Morgan fingerprint density at radius 2 is 2.48 bits per heavy atom. The number of aliphatic hydroxyl groups is 1. The number of hydrogen-bond donors (Lipinski definition) is 2. The van der Waals surface area contributed by atoms with Crippen molar-refractivity contribution in [3.05, 3.63) is 33.2 Å². The molecule has 1 aromatic heterocycles. The van der Waals surface area contributed by atoms with E-state index >= 15 is 0 Å². The molecule has 2 rings (SSSR count). The van der Waals surface area contributed by atoms with Gasteiger partial charge >= 0.3 is 5.69 Å². The molecule has 0 aromatic carbocycles. The highest BCUT2D eigenvalue weighted by molar-refractivity contribution is 5.23. The van der Waals surface area contributed by atoms with Gasteiger partial charge in [-0.3, -0.25) is 4.57 Å². The third-order valence-electron chi connectivity index (χ3n) is 3.59. The van der Waals surface area contributed by atoms with Gasteiger partial charge in [-0.25, -0.2) is 9.18 Å². The Kier molecular flexibility index (Phi) is 4.12. The van der Waals surface area contributed by atoms with Crippen LogP contribution in [0.5, 0.6) is 0 Å². The first-order valence-corrected chi connectivity index (χ1v) is 6.30. The standard InChI is InChI=1S/C11H15FN6O3/c1-2-11(5-15-17-14)8(19)7(12)9(21-11)18-4-3-6(13)16-10(18)20/h3-4,7-9,19H,2,5H2,1H3,(H2,13,16,20)/t7-,8+,9-,11+/m1/s1. The lowest BCUT2D eigenvalue weighted by Gasteiger charge is -2.28. The van der Waals surface area contributed by atoms with E-state index in [1.807, 2.05) is 0 Å². The molecule has 10 heteroatoms. The van der Waals surface area contributed by atoms with E-state index in [0.717, 1.165) is 4.57 Å². The molecular weight excluding hydrogens is 283 g/mol. The molecule has 3 N–H and O–H groups in total. The van der Waals surface area contributed by atoms with Crippen LogP contribution >= 0.6 is 0 Å². The van der Waals surface area contributed by atoms with Crippen molar-refractivity contribution >= 4 is 5.82 Å². The van der Waals surface area contributed by atoms with Crippen molar-refractivity contribution < 1.29 is 14.2 Å². The zero-order chi connectivity index (χ0) is 15.6. The van der Waals surface area contributed by atoms with Gasteiger partial charge in [0.15, 0.2) is 12.4 Å². The second-order valence-corrected chi connectivity index (χ2v) is 4.75. The molecule has 1 aromatic rings. The number of nitrogen functional groups attached to an aromatic ring is 1. The third kappa shape index (κ3) is 2.56. The Bertz CT molecular complexity index is 631. The maximum atomic E-state index is 14.3. The Morgan fingerprint density at radius 3 is 3.05 bits per heavy atom. The topological polar surface area (TPSA) is 139 Å². The number of rotatable bonds is 4. The van der Waals surface area contributed by atoms with Crippen molar-refractivity contribution in [1.29, 1.82) is 0 Å². The van der Waals surface area contributed by atoms with Crippen LogP contribution in [0.25, 0.3) is 10.4 Å². The Morgan fingerprint density at radius 1 is 1.76 bits per heavy atom. The average molecular weight is 298 g/mol. The summed E-state index contributed by atoms with van der Waals surface area (Å²) >= 11 is 0. The highest BCUT2D eigenvalue weighted by atomic mass is 19.1. The molecule has 114 valence electrons. The summed E-state index contributed by atoms with van der Waals surface area (Å²) < 4.78 is 20.8. The molecule has 0 spiro atoms. The smallest absolute Gasteiger partial charge is 0.351 e. The number of aromatic nitrogens is 2. The lowest BCUT2D eigenvalue weighted by molar-refractivity contribution is -0.0999. The first kappa shape index (κ1) is 15.2. The predicted molar refractivity (Wildman–Crippen MR) is 71.0 cm³/mol. The maximum Gasteiger partial charge on any atom is 0.351 e. The fraction of sp³-hybridized carbons (Fsp3) is 0.636. The molecule has 1 aliphatic heterocycles. The third-order valence-corrected chi connectivity index (χ3v) is 3.59. The molecule has 1 aliphatic rings. The molecule has 0 aliphatic carbocycles. The maximum absolute atomic E-state index is 14.3. The van der Waals surface area contributed by atoms with Gasteiger partial charge < -0.3 is 15.6 Å². The summed E-state index contributed by atoms with van der Waals surface area (Å²) in [5.74, 6) is 0.000962. The molecule has 1 saturated heterocycles. The first-order chi connectivity index (χ1) is 9.95. The molecule has 1 fully saturated rings. The molecule has 0 radical (unpaired) electrons. The molecule has 0 saturated carbocycles. The largest absolute Gasteiger partial charge is 0.387 e. The van der Waals surface area contributed by atoms with Crippen LogP contribution in [-0.4, -0.2) is 39.1 Å². The number of hydrogen-bond acceptors (Lipinski definition) is 6. The fourth-order valence-corrected chi connectivity index (χ4v) is 2.34. The van der Waals surface area contributed by atoms with Crippen LogP contribution in [0.3, 0.4) is 0 Å². The van der Waals surface area contributed by atoms with Crippen LogP contribution in [0, 0.1) is 0 Å². The van der Waals surface area contributed by atoms with Gasteiger partial charge in [-0.15, -0.1) is 0 Å². The van der Waals surface area contributed by atoms with E-state index < -0.39 is 29.8 Å². The van der Waals surface area contributed by atoms with E-state index in [-0.39, 0.29) is 18.8 Å². The molecule has 0 unspecified atom stereocenters. The van der Waals surface area contributed by atoms with Crippen molar-refractivity contribution in [2.24, 2.45) is 5.11 Å². The van der Waals surface area contributed by atoms with Gasteiger partial charge in [-0.1, -0.05) is 12.0 Å².